The molecular weight excluding hydrogens is 344 g/mol. The first-order chi connectivity index (χ1) is 9.22. The van der Waals surface area contributed by atoms with Gasteiger partial charge in [-0.1, -0.05) is 15.9 Å². The zero-order chi connectivity index (χ0) is 13.2. The molecule has 3 saturated heterocycles. The summed E-state index contributed by atoms with van der Waals surface area (Å²) in [4.78, 5) is 16.6. The summed E-state index contributed by atoms with van der Waals surface area (Å²) in [5, 5.41) is 0. The summed E-state index contributed by atoms with van der Waals surface area (Å²) in [6.45, 7) is 3.95. The summed E-state index contributed by atoms with van der Waals surface area (Å²) in [7, 11) is 0. The van der Waals surface area contributed by atoms with Crippen LogP contribution in [-0.2, 0) is 0 Å². The van der Waals surface area contributed by atoms with E-state index in [0.29, 0.717) is 11.8 Å². The zero-order valence-electron chi connectivity index (χ0n) is 11.1. The quantitative estimate of drug-likeness (QED) is 0.770. The van der Waals surface area contributed by atoms with E-state index in [2.05, 4.69) is 20.8 Å². The van der Waals surface area contributed by atoms with Crippen LogP contribution in [0.3, 0.4) is 0 Å². The van der Waals surface area contributed by atoms with E-state index < -0.39 is 0 Å². The molecule has 3 heterocycles. The molecular formula is C14H18BrClN2O2. The van der Waals surface area contributed by atoms with E-state index in [1.807, 2.05) is 17.0 Å². The maximum atomic E-state index is 12.3. The van der Waals surface area contributed by atoms with Gasteiger partial charge in [-0.15, -0.1) is 12.4 Å². The molecule has 3 aliphatic heterocycles. The van der Waals surface area contributed by atoms with Gasteiger partial charge in [-0.3, -0.25) is 0 Å². The van der Waals surface area contributed by atoms with Crippen LogP contribution in [0.2, 0.25) is 0 Å². The highest BCUT2D eigenvalue weighted by molar-refractivity contribution is 9.10. The number of nitrogens with zero attached hydrogens (tertiary/aromatic N) is 2. The molecule has 1 aromatic carbocycles. The number of halogens is 2. The Morgan fingerprint density at radius 3 is 2.40 bits per heavy atom. The van der Waals surface area contributed by atoms with Crippen molar-refractivity contribution in [2.24, 2.45) is 0 Å². The summed E-state index contributed by atoms with van der Waals surface area (Å²) in [5.74, 6) is 0.604. The zero-order valence-corrected chi connectivity index (χ0v) is 13.5. The second-order valence-corrected chi connectivity index (χ2v) is 6.00. The minimum atomic E-state index is -0.212. The van der Waals surface area contributed by atoms with E-state index in [9.17, 15) is 4.79 Å². The molecule has 0 N–H and O–H groups in total. The van der Waals surface area contributed by atoms with Gasteiger partial charge in [0, 0.05) is 36.7 Å². The maximum absolute atomic E-state index is 12.3. The van der Waals surface area contributed by atoms with Crippen LogP contribution in [-0.4, -0.2) is 48.1 Å². The summed E-state index contributed by atoms with van der Waals surface area (Å²) in [5.41, 5.74) is 0. The third kappa shape index (κ3) is 3.45. The molecule has 0 unspecified atom stereocenters. The predicted molar refractivity (Wildman–Crippen MR) is 83.6 cm³/mol. The number of amides is 1. The summed E-state index contributed by atoms with van der Waals surface area (Å²) in [6.07, 6.45) is 1.92. The van der Waals surface area contributed by atoms with E-state index in [-0.39, 0.29) is 18.5 Å². The van der Waals surface area contributed by atoms with Gasteiger partial charge in [0.25, 0.3) is 0 Å². The highest BCUT2D eigenvalue weighted by Crippen LogP contribution is 2.23. The Kier molecular flexibility index (Phi) is 5.29. The average molecular weight is 362 g/mol. The molecule has 3 aliphatic rings. The van der Waals surface area contributed by atoms with Crippen molar-refractivity contribution in [2.75, 3.05) is 26.2 Å². The normalized spacial score (nSPS) is 24.8. The van der Waals surface area contributed by atoms with Crippen molar-refractivity contribution >= 4 is 34.4 Å². The smallest absolute Gasteiger partial charge is 0.410 e. The number of rotatable bonds is 1. The van der Waals surface area contributed by atoms with Crippen molar-refractivity contribution in [3.8, 4) is 5.75 Å². The number of ether oxygens (including phenoxy) is 1. The molecule has 20 heavy (non-hydrogen) atoms. The highest BCUT2D eigenvalue weighted by atomic mass is 79.9. The molecule has 6 heteroatoms. The molecule has 3 fully saturated rings. The molecule has 0 saturated carbocycles. The number of carbonyl (C=O) groups is 1. The molecule has 0 aromatic heterocycles. The molecule has 110 valence electrons. The van der Waals surface area contributed by atoms with E-state index >= 15 is 0 Å². The van der Waals surface area contributed by atoms with Crippen LogP contribution in [0.1, 0.15) is 12.8 Å². The predicted octanol–water partition coefficient (Wildman–Crippen LogP) is 3.15. The lowest BCUT2D eigenvalue weighted by Gasteiger charge is -2.30. The van der Waals surface area contributed by atoms with Crippen molar-refractivity contribution in [1.82, 2.24) is 9.80 Å². The number of hydrogen-bond acceptors (Lipinski definition) is 3. The Balaban J connectivity index is 0.00000147. The molecule has 0 radical (unpaired) electrons. The van der Waals surface area contributed by atoms with Gasteiger partial charge in [0.2, 0.25) is 0 Å². The first-order valence-electron chi connectivity index (χ1n) is 6.69. The van der Waals surface area contributed by atoms with Crippen LogP contribution < -0.4 is 4.74 Å². The van der Waals surface area contributed by atoms with Gasteiger partial charge in [-0.2, -0.15) is 0 Å². The van der Waals surface area contributed by atoms with E-state index in [4.69, 9.17) is 4.74 Å². The molecule has 0 atom stereocenters. The Bertz CT molecular complexity index is 461. The van der Waals surface area contributed by atoms with Gasteiger partial charge < -0.3 is 14.5 Å². The van der Waals surface area contributed by atoms with E-state index in [1.165, 1.54) is 0 Å². The summed E-state index contributed by atoms with van der Waals surface area (Å²) >= 11 is 3.37. The lowest BCUT2D eigenvalue weighted by atomic mass is 10.1. The number of fused-ring (bicyclic) bond motifs is 4. The Morgan fingerprint density at radius 2 is 1.75 bits per heavy atom. The van der Waals surface area contributed by atoms with Gasteiger partial charge >= 0.3 is 6.09 Å². The first kappa shape index (κ1) is 15.6. The lowest BCUT2D eigenvalue weighted by Crippen LogP contribution is -2.43. The molecule has 4 nitrogen and oxygen atoms in total. The third-order valence-corrected chi connectivity index (χ3v) is 4.44. The minimum absolute atomic E-state index is 0. The summed E-state index contributed by atoms with van der Waals surface area (Å²) < 4.78 is 6.44. The van der Waals surface area contributed by atoms with Crippen molar-refractivity contribution in [3.05, 3.63) is 28.7 Å². The van der Waals surface area contributed by atoms with Gasteiger partial charge in [0.15, 0.2) is 0 Å². The largest absolute Gasteiger partial charge is 0.415 e. The Morgan fingerprint density at radius 1 is 1.10 bits per heavy atom. The number of benzene rings is 1. The number of carbonyl (C=O) groups excluding carboxylic acids is 1. The van der Waals surface area contributed by atoms with Crippen LogP contribution in [0.25, 0.3) is 0 Å². The number of hydrogen-bond donors (Lipinski definition) is 0. The van der Waals surface area contributed by atoms with Crippen molar-refractivity contribution < 1.29 is 9.53 Å². The van der Waals surface area contributed by atoms with Crippen molar-refractivity contribution in [2.45, 2.75) is 18.9 Å². The average Bonchev–Trinajstić information content (AvgIpc) is 2.75. The van der Waals surface area contributed by atoms with Gasteiger partial charge in [0.1, 0.15) is 5.75 Å². The highest BCUT2D eigenvalue weighted by Gasteiger charge is 2.32. The fourth-order valence-corrected chi connectivity index (χ4v) is 3.05. The molecule has 1 amide bonds. The molecule has 4 rings (SSSR count). The van der Waals surface area contributed by atoms with Crippen LogP contribution in [0.5, 0.6) is 5.75 Å². The van der Waals surface area contributed by atoms with Crippen molar-refractivity contribution in [3.63, 3.8) is 0 Å². The van der Waals surface area contributed by atoms with Crippen LogP contribution in [0.4, 0.5) is 4.79 Å². The van der Waals surface area contributed by atoms with Crippen LogP contribution in [0, 0.1) is 0 Å². The van der Waals surface area contributed by atoms with E-state index in [1.54, 1.807) is 12.1 Å². The molecule has 2 bridgehead atoms. The SMILES string of the molecule is Cl.O=C(Oc1ccc(Br)cc1)N1CCN2CCC1CC2. The topological polar surface area (TPSA) is 32.8 Å². The van der Waals surface area contributed by atoms with Gasteiger partial charge in [0.05, 0.1) is 0 Å². The Hall–Kier alpha value is -0.780. The second kappa shape index (κ2) is 6.78. The third-order valence-electron chi connectivity index (χ3n) is 3.91. The molecule has 1 aromatic rings. The molecule has 0 aliphatic carbocycles. The fourth-order valence-electron chi connectivity index (χ4n) is 2.79. The fraction of sp³-hybridized carbons (Fsp3) is 0.500. The van der Waals surface area contributed by atoms with Gasteiger partial charge in [-0.05, 0) is 37.1 Å². The standard InChI is InChI=1S/C14H17BrN2O2.ClH/c15-11-1-3-13(4-2-11)19-14(18)17-10-9-16-7-5-12(17)6-8-16;/h1-4,12H,5-10H2;1H. The maximum Gasteiger partial charge on any atom is 0.415 e. The summed E-state index contributed by atoms with van der Waals surface area (Å²) in [6, 6.07) is 7.72. The van der Waals surface area contributed by atoms with Crippen molar-refractivity contribution in [1.29, 1.82) is 0 Å². The second-order valence-electron chi connectivity index (χ2n) is 5.09. The monoisotopic (exact) mass is 360 g/mol. The van der Waals surface area contributed by atoms with Crippen LogP contribution in [0.15, 0.2) is 28.7 Å². The van der Waals surface area contributed by atoms with Gasteiger partial charge in [-0.25, -0.2) is 4.79 Å². The van der Waals surface area contributed by atoms with E-state index in [0.717, 1.165) is 43.5 Å². The Labute approximate surface area is 133 Å². The first-order valence-corrected chi connectivity index (χ1v) is 7.48. The minimum Gasteiger partial charge on any atom is -0.410 e. The van der Waals surface area contributed by atoms with Crippen LogP contribution >= 0.6 is 28.3 Å². The number of piperidine rings is 1. The lowest BCUT2D eigenvalue weighted by molar-refractivity contribution is 0.131. The molecule has 0 spiro atoms.